The number of amides is 1. The number of aryl methyl sites for hydroxylation is 1. The van der Waals surface area contributed by atoms with Gasteiger partial charge in [-0.05, 0) is 23.3 Å². The first-order valence-electron chi connectivity index (χ1n) is 8.37. The summed E-state index contributed by atoms with van der Waals surface area (Å²) in [4.78, 5) is 26.5. The molecule has 0 aliphatic carbocycles. The number of rotatable bonds is 3. The van der Waals surface area contributed by atoms with Crippen molar-refractivity contribution >= 4 is 11.6 Å². The zero-order chi connectivity index (χ0) is 17.2. The minimum atomic E-state index is -0.0836. The summed E-state index contributed by atoms with van der Waals surface area (Å²) in [5, 5.41) is 0. The van der Waals surface area contributed by atoms with E-state index in [4.69, 9.17) is 0 Å². The summed E-state index contributed by atoms with van der Waals surface area (Å²) in [6.45, 7) is 0.953. The number of carbonyl (C=O) groups excluding carboxylic acids is 1. The first kappa shape index (κ1) is 15.4. The van der Waals surface area contributed by atoms with Gasteiger partial charge in [0.2, 0.25) is 5.91 Å². The van der Waals surface area contributed by atoms with E-state index in [-0.39, 0.29) is 11.5 Å². The number of benzene rings is 2. The molecule has 1 aromatic heterocycles. The Morgan fingerprint density at radius 2 is 1.60 bits per heavy atom. The van der Waals surface area contributed by atoms with E-state index in [2.05, 4.69) is 18.2 Å². The van der Waals surface area contributed by atoms with Crippen LogP contribution in [0.15, 0.2) is 77.7 Å². The molecule has 4 rings (SSSR count). The molecule has 2 aromatic carbocycles. The molecule has 0 unspecified atom stereocenters. The summed E-state index contributed by atoms with van der Waals surface area (Å²) in [7, 11) is 0. The smallest absolute Gasteiger partial charge is 0.250 e. The molecule has 4 heteroatoms. The van der Waals surface area contributed by atoms with Gasteiger partial charge in [0, 0.05) is 30.8 Å². The van der Waals surface area contributed by atoms with Gasteiger partial charge in [-0.2, -0.15) is 0 Å². The van der Waals surface area contributed by atoms with E-state index in [1.54, 1.807) is 22.9 Å². The number of hydrogen-bond acceptors (Lipinski definition) is 2. The van der Waals surface area contributed by atoms with Crippen LogP contribution in [0.4, 0.5) is 5.69 Å². The summed E-state index contributed by atoms with van der Waals surface area (Å²) in [6.07, 6.45) is 2.01. The van der Waals surface area contributed by atoms with Gasteiger partial charge in [-0.25, -0.2) is 0 Å². The van der Waals surface area contributed by atoms with Crippen molar-refractivity contribution in [1.82, 2.24) is 4.57 Å². The van der Waals surface area contributed by atoms with Crippen LogP contribution < -0.4 is 10.5 Å². The SMILES string of the molecule is O=C(CCn1ccccc1=O)N1Cc2ccccc2-c2ccccc21. The number of nitrogens with zero attached hydrogens (tertiary/aromatic N) is 2. The second-order valence-electron chi connectivity index (χ2n) is 6.14. The lowest BCUT2D eigenvalue weighted by molar-refractivity contribution is -0.119. The maximum atomic E-state index is 12.9. The molecule has 2 heterocycles. The van der Waals surface area contributed by atoms with Crippen LogP contribution in [0.5, 0.6) is 0 Å². The Hall–Kier alpha value is -3.14. The minimum absolute atomic E-state index is 0.0257. The van der Waals surface area contributed by atoms with E-state index in [9.17, 15) is 9.59 Å². The van der Waals surface area contributed by atoms with Gasteiger partial charge in [-0.15, -0.1) is 0 Å². The van der Waals surface area contributed by atoms with Gasteiger partial charge >= 0.3 is 0 Å². The molecule has 0 N–H and O–H groups in total. The van der Waals surface area contributed by atoms with Crippen molar-refractivity contribution in [2.45, 2.75) is 19.5 Å². The van der Waals surface area contributed by atoms with E-state index >= 15 is 0 Å². The van der Waals surface area contributed by atoms with E-state index in [1.807, 2.05) is 35.2 Å². The number of fused-ring (bicyclic) bond motifs is 3. The maximum Gasteiger partial charge on any atom is 0.250 e. The highest BCUT2D eigenvalue weighted by molar-refractivity contribution is 6.00. The van der Waals surface area contributed by atoms with Gasteiger partial charge in [0.15, 0.2) is 0 Å². The van der Waals surface area contributed by atoms with Crippen LogP contribution in [0.3, 0.4) is 0 Å². The molecular formula is C21H18N2O2. The lowest BCUT2D eigenvalue weighted by Gasteiger charge is -2.31. The molecule has 0 fully saturated rings. The molecule has 0 bridgehead atoms. The fourth-order valence-electron chi connectivity index (χ4n) is 3.33. The average molecular weight is 330 g/mol. The Morgan fingerprint density at radius 3 is 2.44 bits per heavy atom. The van der Waals surface area contributed by atoms with Gasteiger partial charge in [-0.3, -0.25) is 9.59 Å². The Labute approximate surface area is 146 Å². The summed E-state index contributed by atoms with van der Waals surface area (Å²) in [5.41, 5.74) is 4.26. The molecule has 0 atom stereocenters. The van der Waals surface area contributed by atoms with Crippen molar-refractivity contribution < 1.29 is 4.79 Å². The normalized spacial score (nSPS) is 12.4. The molecule has 25 heavy (non-hydrogen) atoms. The van der Waals surface area contributed by atoms with Gasteiger partial charge in [-0.1, -0.05) is 48.5 Å². The van der Waals surface area contributed by atoms with E-state index in [0.717, 1.165) is 16.8 Å². The van der Waals surface area contributed by atoms with Gasteiger partial charge in [0.25, 0.3) is 5.56 Å². The summed E-state index contributed by atoms with van der Waals surface area (Å²) >= 11 is 0. The van der Waals surface area contributed by atoms with Crippen molar-refractivity contribution in [2.24, 2.45) is 0 Å². The highest BCUT2D eigenvalue weighted by atomic mass is 16.2. The number of carbonyl (C=O) groups is 1. The first-order chi connectivity index (χ1) is 12.2. The summed E-state index contributed by atoms with van der Waals surface area (Å²) in [5.74, 6) is 0.0257. The molecule has 4 nitrogen and oxygen atoms in total. The van der Waals surface area contributed by atoms with Crippen molar-refractivity contribution in [2.75, 3.05) is 4.90 Å². The topological polar surface area (TPSA) is 42.3 Å². The highest BCUT2D eigenvalue weighted by Crippen LogP contribution is 2.38. The second-order valence-corrected chi connectivity index (χ2v) is 6.14. The predicted octanol–water partition coefficient (Wildman–Crippen LogP) is 3.45. The van der Waals surface area contributed by atoms with Crippen LogP contribution in [0.2, 0.25) is 0 Å². The number of para-hydroxylation sites is 1. The van der Waals surface area contributed by atoms with Crippen LogP contribution in [-0.4, -0.2) is 10.5 Å². The Morgan fingerprint density at radius 1 is 0.880 bits per heavy atom. The first-order valence-corrected chi connectivity index (χ1v) is 8.37. The lowest BCUT2D eigenvalue weighted by atomic mass is 9.93. The molecular weight excluding hydrogens is 312 g/mol. The second kappa shape index (κ2) is 6.40. The average Bonchev–Trinajstić information content (AvgIpc) is 2.66. The minimum Gasteiger partial charge on any atom is -0.315 e. The predicted molar refractivity (Wildman–Crippen MR) is 98.4 cm³/mol. The highest BCUT2D eigenvalue weighted by Gasteiger charge is 2.25. The maximum absolute atomic E-state index is 12.9. The van der Waals surface area contributed by atoms with E-state index in [0.29, 0.717) is 19.5 Å². The van der Waals surface area contributed by atoms with Gasteiger partial charge < -0.3 is 9.47 Å². The molecule has 1 amide bonds. The third kappa shape index (κ3) is 2.87. The van der Waals surface area contributed by atoms with Gasteiger partial charge in [0.1, 0.15) is 0 Å². The lowest BCUT2D eigenvalue weighted by Crippen LogP contribution is -2.34. The molecule has 1 aliphatic heterocycles. The van der Waals surface area contributed by atoms with Crippen molar-refractivity contribution in [3.8, 4) is 11.1 Å². The third-order valence-electron chi connectivity index (χ3n) is 4.60. The molecule has 0 spiro atoms. The fourth-order valence-corrected chi connectivity index (χ4v) is 3.33. The molecule has 1 aliphatic rings. The number of anilines is 1. The van der Waals surface area contributed by atoms with Crippen LogP contribution in [0.25, 0.3) is 11.1 Å². The number of aromatic nitrogens is 1. The van der Waals surface area contributed by atoms with E-state index < -0.39 is 0 Å². The van der Waals surface area contributed by atoms with Crippen LogP contribution in [-0.2, 0) is 17.9 Å². The number of pyridine rings is 1. The standard InChI is InChI=1S/C21H18N2O2/c24-20-11-5-6-13-22(20)14-12-21(25)23-15-16-7-1-2-8-17(16)18-9-3-4-10-19(18)23/h1-11,13H,12,14-15H2. The third-order valence-corrected chi connectivity index (χ3v) is 4.60. The Balaban J connectivity index is 1.62. The van der Waals surface area contributed by atoms with Crippen LogP contribution >= 0.6 is 0 Å². The van der Waals surface area contributed by atoms with Gasteiger partial charge in [0.05, 0.1) is 12.2 Å². The van der Waals surface area contributed by atoms with Crippen LogP contribution in [0, 0.1) is 0 Å². The fraction of sp³-hybridized carbons (Fsp3) is 0.143. The quantitative estimate of drug-likeness (QED) is 0.738. The Kier molecular flexibility index (Phi) is 3.94. The molecule has 0 saturated carbocycles. The number of hydrogen-bond donors (Lipinski definition) is 0. The molecule has 3 aromatic rings. The summed E-state index contributed by atoms with van der Waals surface area (Å²) < 4.78 is 1.57. The molecule has 0 radical (unpaired) electrons. The van der Waals surface area contributed by atoms with Crippen molar-refractivity contribution in [3.05, 3.63) is 88.8 Å². The molecule has 124 valence electrons. The molecule has 0 saturated heterocycles. The zero-order valence-electron chi connectivity index (χ0n) is 13.8. The largest absolute Gasteiger partial charge is 0.315 e. The summed E-state index contributed by atoms with van der Waals surface area (Å²) in [6, 6.07) is 21.2. The Bertz CT molecular complexity index is 991. The van der Waals surface area contributed by atoms with Crippen molar-refractivity contribution in [3.63, 3.8) is 0 Å². The van der Waals surface area contributed by atoms with Crippen LogP contribution in [0.1, 0.15) is 12.0 Å². The monoisotopic (exact) mass is 330 g/mol. The van der Waals surface area contributed by atoms with E-state index in [1.165, 1.54) is 11.6 Å². The van der Waals surface area contributed by atoms with Crippen molar-refractivity contribution in [1.29, 1.82) is 0 Å². The zero-order valence-corrected chi connectivity index (χ0v) is 13.8.